The van der Waals surface area contributed by atoms with Gasteiger partial charge in [-0.1, -0.05) is 25.1 Å². The van der Waals surface area contributed by atoms with Gasteiger partial charge in [-0.15, -0.1) is 0 Å². The minimum Gasteiger partial charge on any atom is -0.354 e. The number of hydrogen-bond acceptors (Lipinski definition) is 1. The van der Waals surface area contributed by atoms with Gasteiger partial charge in [0.25, 0.3) is 0 Å². The molecule has 2 aliphatic heterocycles. The van der Waals surface area contributed by atoms with Gasteiger partial charge in [0.1, 0.15) is 17.5 Å². The van der Waals surface area contributed by atoms with Crippen LogP contribution < -0.4 is 0 Å². The van der Waals surface area contributed by atoms with Crippen LogP contribution in [0.5, 0.6) is 0 Å². The Labute approximate surface area is 82.2 Å². The second kappa shape index (κ2) is 2.45. The lowest BCUT2D eigenvalue weighted by molar-refractivity contribution is -0.00572. The standard InChI is InChI=1S/C12H11FO/c1-2-12-7-6-10(14-12)11-8(12)4-3-5-9(11)13/h3-7,10H,2H2,1H3. The number of fused-ring (bicyclic) bond motifs is 5. The van der Waals surface area contributed by atoms with Gasteiger partial charge in [0, 0.05) is 5.56 Å². The molecule has 2 atom stereocenters. The summed E-state index contributed by atoms with van der Waals surface area (Å²) in [5.74, 6) is -0.146. The fourth-order valence-corrected chi connectivity index (χ4v) is 2.44. The van der Waals surface area contributed by atoms with Crippen molar-refractivity contribution in [2.45, 2.75) is 25.0 Å². The van der Waals surface area contributed by atoms with Gasteiger partial charge in [-0.3, -0.25) is 0 Å². The highest BCUT2D eigenvalue weighted by atomic mass is 19.1. The molecule has 2 heteroatoms. The van der Waals surface area contributed by atoms with Crippen LogP contribution in [0, 0.1) is 5.82 Å². The van der Waals surface area contributed by atoms with Crippen molar-refractivity contribution in [2.75, 3.05) is 0 Å². The molecular weight excluding hydrogens is 179 g/mol. The second-order valence-electron chi connectivity index (χ2n) is 3.84. The van der Waals surface area contributed by atoms with Gasteiger partial charge in [-0.2, -0.15) is 0 Å². The fraction of sp³-hybridized carbons (Fsp3) is 0.333. The Hall–Kier alpha value is -1.15. The lowest BCUT2D eigenvalue weighted by atomic mass is 9.85. The average molecular weight is 190 g/mol. The van der Waals surface area contributed by atoms with Crippen molar-refractivity contribution < 1.29 is 9.13 Å². The number of benzene rings is 1. The first-order chi connectivity index (χ1) is 6.77. The maximum absolute atomic E-state index is 13.5. The fourth-order valence-electron chi connectivity index (χ4n) is 2.44. The summed E-state index contributed by atoms with van der Waals surface area (Å²) < 4.78 is 19.4. The predicted molar refractivity (Wildman–Crippen MR) is 51.3 cm³/mol. The molecule has 1 aromatic carbocycles. The molecule has 0 N–H and O–H groups in total. The van der Waals surface area contributed by atoms with E-state index in [4.69, 9.17) is 4.74 Å². The van der Waals surface area contributed by atoms with E-state index in [9.17, 15) is 4.39 Å². The Morgan fingerprint density at radius 1 is 1.50 bits per heavy atom. The van der Waals surface area contributed by atoms with Crippen molar-refractivity contribution in [1.82, 2.24) is 0 Å². The van der Waals surface area contributed by atoms with E-state index >= 15 is 0 Å². The first-order valence-electron chi connectivity index (χ1n) is 4.93. The Morgan fingerprint density at radius 2 is 2.36 bits per heavy atom. The molecule has 1 nitrogen and oxygen atoms in total. The number of hydrogen-bond donors (Lipinski definition) is 0. The zero-order valence-corrected chi connectivity index (χ0v) is 7.96. The molecule has 2 bridgehead atoms. The lowest BCUT2D eigenvalue weighted by Crippen LogP contribution is -2.19. The Morgan fingerprint density at radius 3 is 3.14 bits per heavy atom. The van der Waals surface area contributed by atoms with Crippen LogP contribution in [0.15, 0.2) is 30.4 Å². The van der Waals surface area contributed by atoms with Crippen molar-refractivity contribution in [1.29, 1.82) is 0 Å². The quantitative estimate of drug-likeness (QED) is 0.618. The van der Waals surface area contributed by atoms with E-state index in [-0.39, 0.29) is 17.5 Å². The van der Waals surface area contributed by atoms with E-state index in [1.807, 2.05) is 12.1 Å². The molecule has 3 rings (SSSR count). The maximum Gasteiger partial charge on any atom is 0.129 e. The minimum atomic E-state index is -0.345. The summed E-state index contributed by atoms with van der Waals surface area (Å²) in [6.45, 7) is 2.06. The molecule has 0 saturated carbocycles. The van der Waals surface area contributed by atoms with Crippen molar-refractivity contribution in [3.05, 3.63) is 47.3 Å². The normalized spacial score (nSPS) is 32.3. The largest absolute Gasteiger partial charge is 0.354 e. The topological polar surface area (TPSA) is 9.23 Å². The molecular formula is C12H11FO. The molecule has 14 heavy (non-hydrogen) atoms. The van der Waals surface area contributed by atoms with Crippen molar-refractivity contribution in [3.8, 4) is 0 Å². The van der Waals surface area contributed by atoms with E-state index in [2.05, 4.69) is 13.0 Å². The van der Waals surface area contributed by atoms with E-state index in [0.717, 1.165) is 17.5 Å². The summed E-state index contributed by atoms with van der Waals surface area (Å²) >= 11 is 0. The average Bonchev–Trinajstić information content (AvgIpc) is 2.75. The summed E-state index contributed by atoms with van der Waals surface area (Å²) in [5, 5.41) is 0. The van der Waals surface area contributed by atoms with Crippen LogP contribution in [0.25, 0.3) is 0 Å². The van der Waals surface area contributed by atoms with Crippen LogP contribution in [-0.4, -0.2) is 0 Å². The van der Waals surface area contributed by atoms with Gasteiger partial charge in [-0.25, -0.2) is 4.39 Å². The molecule has 0 saturated heterocycles. The summed E-state index contributed by atoms with van der Waals surface area (Å²) in [6, 6.07) is 5.22. The second-order valence-corrected chi connectivity index (χ2v) is 3.84. The zero-order valence-electron chi connectivity index (χ0n) is 7.96. The first kappa shape index (κ1) is 8.18. The molecule has 0 fully saturated rings. The molecule has 1 aromatic rings. The Bertz CT molecular complexity index is 424. The molecule has 0 radical (unpaired) electrons. The van der Waals surface area contributed by atoms with E-state index < -0.39 is 0 Å². The molecule has 72 valence electrons. The summed E-state index contributed by atoms with van der Waals surface area (Å²) in [4.78, 5) is 0. The van der Waals surface area contributed by atoms with Crippen molar-refractivity contribution in [2.24, 2.45) is 0 Å². The molecule has 2 aliphatic rings. The van der Waals surface area contributed by atoms with Gasteiger partial charge < -0.3 is 4.74 Å². The summed E-state index contributed by atoms with van der Waals surface area (Å²) in [6.07, 6.45) is 4.70. The smallest absolute Gasteiger partial charge is 0.129 e. The van der Waals surface area contributed by atoms with Crippen molar-refractivity contribution in [3.63, 3.8) is 0 Å². The third kappa shape index (κ3) is 0.775. The molecule has 0 aromatic heterocycles. The SMILES string of the molecule is CCC12C=CC(O1)c1c(F)cccc12. The minimum absolute atomic E-state index is 0.146. The van der Waals surface area contributed by atoms with Crippen LogP contribution in [0.4, 0.5) is 4.39 Å². The van der Waals surface area contributed by atoms with Crippen molar-refractivity contribution >= 4 is 0 Å². The van der Waals surface area contributed by atoms with E-state index in [0.29, 0.717) is 0 Å². The summed E-state index contributed by atoms with van der Waals surface area (Å²) in [7, 11) is 0. The van der Waals surface area contributed by atoms with Gasteiger partial charge in [0.15, 0.2) is 0 Å². The van der Waals surface area contributed by atoms with Crippen LogP contribution in [-0.2, 0) is 10.3 Å². The van der Waals surface area contributed by atoms with Gasteiger partial charge in [-0.05, 0) is 24.1 Å². The lowest BCUT2D eigenvalue weighted by Gasteiger charge is -2.21. The van der Waals surface area contributed by atoms with E-state index in [1.54, 1.807) is 6.07 Å². The highest BCUT2D eigenvalue weighted by molar-refractivity contribution is 5.47. The van der Waals surface area contributed by atoms with Gasteiger partial charge in [0.2, 0.25) is 0 Å². The van der Waals surface area contributed by atoms with Crippen LogP contribution >= 0.6 is 0 Å². The number of ether oxygens (including phenoxy) is 1. The maximum atomic E-state index is 13.5. The highest BCUT2D eigenvalue weighted by Crippen LogP contribution is 2.52. The number of halogens is 1. The monoisotopic (exact) mass is 190 g/mol. The predicted octanol–water partition coefficient (Wildman–Crippen LogP) is 3.07. The summed E-state index contributed by atoms with van der Waals surface area (Å²) in [5.41, 5.74) is 1.40. The molecule has 2 heterocycles. The Balaban J connectivity index is 2.28. The van der Waals surface area contributed by atoms with E-state index in [1.165, 1.54) is 6.07 Å². The van der Waals surface area contributed by atoms with Crippen LogP contribution in [0.3, 0.4) is 0 Å². The molecule has 2 unspecified atom stereocenters. The Kier molecular flexibility index (Phi) is 1.43. The third-order valence-electron chi connectivity index (χ3n) is 3.20. The third-order valence-corrected chi connectivity index (χ3v) is 3.20. The van der Waals surface area contributed by atoms with Crippen LogP contribution in [0.1, 0.15) is 30.6 Å². The molecule has 0 aliphatic carbocycles. The number of rotatable bonds is 1. The molecule has 0 spiro atoms. The van der Waals surface area contributed by atoms with Gasteiger partial charge >= 0.3 is 0 Å². The first-order valence-corrected chi connectivity index (χ1v) is 4.93. The van der Waals surface area contributed by atoms with Gasteiger partial charge in [0.05, 0.1) is 0 Å². The zero-order chi connectivity index (χ0) is 9.76. The highest BCUT2D eigenvalue weighted by Gasteiger charge is 2.46. The van der Waals surface area contributed by atoms with Crippen LogP contribution in [0.2, 0.25) is 0 Å². The molecule has 0 amide bonds.